The summed E-state index contributed by atoms with van der Waals surface area (Å²) in [6, 6.07) is 12.0. The van der Waals surface area contributed by atoms with Crippen molar-refractivity contribution in [2.45, 2.75) is 46.6 Å². The molecule has 0 N–H and O–H groups in total. The standard InChI is InChI=1S/C33H37ClN4O5S/c1-5-36(6-2)32(41)29-21(4)35-33-38(30(29)23-11-13-24(34)14-12-23)31(40)27(44-33)19-22-10-15-25(26(18-22)42-7-3)43-20-28(39)37-16-8-9-17-37/h10-15,18-19,30H,5-9,16-17,20H2,1-4H3/b27-19-/t30-/m0/s1. The highest BCUT2D eigenvalue weighted by molar-refractivity contribution is 7.07. The molecule has 1 saturated heterocycles. The van der Waals surface area contributed by atoms with Crippen LogP contribution in [-0.2, 0) is 9.59 Å². The van der Waals surface area contributed by atoms with E-state index >= 15 is 0 Å². The number of ether oxygens (including phenoxy) is 2. The molecule has 232 valence electrons. The summed E-state index contributed by atoms with van der Waals surface area (Å²) in [4.78, 5) is 49.1. The van der Waals surface area contributed by atoms with Gasteiger partial charge in [0.2, 0.25) is 0 Å². The van der Waals surface area contributed by atoms with Gasteiger partial charge in [0.05, 0.1) is 28.5 Å². The molecule has 0 aliphatic carbocycles. The Hall–Kier alpha value is -3.89. The Morgan fingerprint density at radius 1 is 1.05 bits per heavy atom. The van der Waals surface area contributed by atoms with Gasteiger partial charge in [0.25, 0.3) is 17.4 Å². The molecule has 1 fully saturated rings. The lowest BCUT2D eigenvalue weighted by Crippen LogP contribution is -2.43. The Morgan fingerprint density at radius 3 is 2.41 bits per heavy atom. The number of amides is 2. The highest BCUT2D eigenvalue weighted by Crippen LogP contribution is 2.32. The number of carbonyl (C=O) groups is 2. The van der Waals surface area contributed by atoms with E-state index in [2.05, 4.69) is 0 Å². The third kappa shape index (κ3) is 6.46. The average Bonchev–Trinajstić information content (AvgIpc) is 3.66. The van der Waals surface area contributed by atoms with Crippen molar-refractivity contribution >= 4 is 40.8 Å². The summed E-state index contributed by atoms with van der Waals surface area (Å²) in [6.07, 6.45) is 3.82. The number of nitrogens with zero attached hydrogens (tertiary/aromatic N) is 4. The smallest absolute Gasteiger partial charge is 0.271 e. The number of likely N-dealkylation sites (tertiary alicyclic amines) is 1. The number of hydrogen-bond donors (Lipinski definition) is 0. The molecule has 1 atom stereocenters. The SMILES string of the molecule is CCOc1cc(/C=c2\sc3n(c2=O)[C@@H](c2ccc(Cl)cc2)C(C(=O)N(CC)CC)=C(C)N=3)ccc1OCC(=O)N1CCCC1. The molecule has 0 radical (unpaired) electrons. The Balaban J connectivity index is 1.54. The van der Waals surface area contributed by atoms with E-state index in [1.165, 1.54) is 11.3 Å². The minimum Gasteiger partial charge on any atom is -0.490 e. The van der Waals surface area contributed by atoms with Crippen LogP contribution in [0, 0.1) is 0 Å². The van der Waals surface area contributed by atoms with Gasteiger partial charge in [0, 0.05) is 31.2 Å². The molecule has 2 aliphatic rings. The van der Waals surface area contributed by atoms with Crippen LogP contribution in [0.1, 0.15) is 57.7 Å². The summed E-state index contributed by atoms with van der Waals surface area (Å²) in [5.74, 6) is 0.770. The highest BCUT2D eigenvalue weighted by atomic mass is 35.5. The number of allylic oxidation sites excluding steroid dienone is 1. The lowest BCUT2D eigenvalue weighted by atomic mass is 9.94. The van der Waals surface area contributed by atoms with E-state index in [1.54, 1.807) is 39.8 Å². The molecule has 3 aromatic rings. The van der Waals surface area contributed by atoms with Gasteiger partial charge in [-0.3, -0.25) is 19.0 Å². The predicted molar refractivity (Wildman–Crippen MR) is 172 cm³/mol. The van der Waals surface area contributed by atoms with Crippen molar-refractivity contribution in [2.24, 2.45) is 4.99 Å². The predicted octanol–water partition coefficient (Wildman–Crippen LogP) is 4.16. The van der Waals surface area contributed by atoms with Gasteiger partial charge in [-0.1, -0.05) is 41.1 Å². The van der Waals surface area contributed by atoms with E-state index in [0.717, 1.165) is 37.1 Å². The summed E-state index contributed by atoms with van der Waals surface area (Å²) >= 11 is 7.46. The maximum Gasteiger partial charge on any atom is 0.271 e. The first-order chi connectivity index (χ1) is 21.2. The summed E-state index contributed by atoms with van der Waals surface area (Å²) in [7, 11) is 0. The molecule has 5 rings (SSSR count). The normalized spacial score (nSPS) is 16.5. The van der Waals surface area contributed by atoms with Crippen molar-refractivity contribution in [3.8, 4) is 11.5 Å². The minimum atomic E-state index is -0.651. The highest BCUT2D eigenvalue weighted by Gasteiger charge is 2.34. The molecule has 3 heterocycles. The number of fused-ring (bicyclic) bond motifs is 1. The zero-order valence-electron chi connectivity index (χ0n) is 25.5. The van der Waals surface area contributed by atoms with Crippen molar-refractivity contribution in [1.82, 2.24) is 14.4 Å². The monoisotopic (exact) mass is 636 g/mol. The van der Waals surface area contributed by atoms with E-state index in [9.17, 15) is 14.4 Å². The van der Waals surface area contributed by atoms with Crippen LogP contribution >= 0.6 is 22.9 Å². The fourth-order valence-electron chi connectivity index (χ4n) is 5.59. The maximum atomic E-state index is 14.0. The molecule has 0 saturated carbocycles. The Bertz CT molecular complexity index is 1750. The second-order valence-corrected chi connectivity index (χ2v) is 12.1. The molecule has 2 aromatic carbocycles. The van der Waals surface area contributed by atoms with Gasteiger partial charge >= 0.3 is 0 Å². The molecule has 9 nitrogen and oxygen atoms in total. The van der Waals surface area contributed by atoms with Gasteiger partial charge in [0.15, 0.2) is 22.9 Å². The van der Waals surface area contributed by atoms with Gasteiger partial charge in [-0.05, 0) is 82.0 Å². The molecule has 2 aliphatic heterocycles. The van der Waals surface area contributed by atoms with Gasteiger partial charge in [0.1, 0.15) is 0 Å². The van der Waals surface area contributed by atoms with E-state index in [4.69, 9.17) is 26.1 Å². The topological polar surface area (TPSA) is 93.4 Å². The first-order valence-corrected chi connectivity index (χ1v) is 16.2. The third-order valence-electron chi connectivity index (χ3n) is 7.86. The second-order valence-electron chi connectivity index (χ2n) is 10.6. The van der Waals surface area contributed by atoms with E-state index in [1.807, 2.05) is 50.8 Å². The van der Waals surface area contributed by atoms with Gasteiger partial charge in [-0.25, -0.2) is 4.99 Å². The van der Waals surface area contributed by atoms with Crippen LogP contribution in [0.4, 0.5) is 0 Å². The number of carbonyl (C=O) groups excluding carboxylic acids is 2. The third-order valence-corrected chi connectivity index (χ3v) is 9.10. The quantitative estimate of drug-likeness (QED) is 0.333. The number of halogens is 1. The number of rotatable bonds is 10. The fraction of sp³-hybridized carbons (Fsp3) is 0.394. The van der Waals surface area contributed by atoms with Crippen molar-refractivity contribution in [1.29, 1.82) is 0 Å². The number of hydrogen-bond acceptors (Lipinski definition) is 7. The number of aromatic nitrogens is 1. The summed E-state index contributed by atoms with van der Waals surface area (Å²) in [5, 5.41) is 0.566. The first-order valence-electron chi connectivity index (χ1n) is 15.0. The molecule has 11 heteroatoms. The van der Waals surface area contributed by atoms with Crippen LogP contribution < -0.4 is 24.4 Å². The lowest BCUT2D eigenvalue weighted by Gasteiger charge is -2.29. The summed E-state index contributed by atoms with van der Waals surface area (Å²) in [5.41, 5.74) is 2.31. The minimum absolute atomic E-state index is 0.0421. The molecule has 0 spiro atoms. The van der Waals surface area contributed by atoms with Crippen molar-refractivity contribution in [3.05, 3.63) is 89.6 Å². The van der Waals surface area contributed by atoms with E-state index in [-0.39, 0.29) is 24.0 Å². The van der Waals surface area contributed by atoms with Gasteiger partial charge in [-0.15, -0.1) is 0 Å². The van der Waals surface area contributed by atoms with E-state index < -0.39 is 6.04 Å². The number of benzene rings is 2. The van der Waals surface area contributed by atoms with Crippen molar-refractivity contribution in [2.75, 3.05) is 39.4 Å². The van der Waals surface area contributed by atoms with Crippen molar-refractivity contribution in [3.63, 3.8) is 0 Å². The molecule has 1 aromatic heterocycles. The van der Waals surface area contributed by atoms with Crippen molar-refractivity contribution < 1.29 is 19.1 Å². The molecule has 2 amide bonds. The molecular formula is C33H37ClN4O5S. The number of likely N-dealkylation sites (N-methyl/N-ethyl adjacent to an activating group) is 1. The Labute approximate surface area is 265 Å². The fourth-order valence-corrected chi connectivity index (χ4v) is 6.76. The van der Waals surface area contributed by atoms with Crippen LogP contribution in [0.2, 0.25) is 5.02 Å². The Kier molecular flexibility index (Phi) is 9.90. The van der Waals surface area contributed by atoms with Gasteiger partial charge < -0.3 is 19.3 Å². The largest absolute Gasteiger partial charge is 0.490 e. The Morgan fingerprint density at radius 2 is 1.75 bits per heavy atom. The molecule has 44 heavy (non-hydrogen) atoms. The summed E-state index contributed by atoms with van der Waals surface area (Å²) in [6.45, 7) is 10.5. The van der Waals surface area contributed by atoms with Crippen LogP contribution in [-0.4, -0.2) is 65.6 Å². The van der Waals surface area contributed by atoms with Crippen LogP contribution in [0.3, 0.4) is 0 Å². The lowest BCUT2D eigenvalue weighted by molar-refractivity contribution is -0.132. The van der Waals surface area contributed by atoms with Crippen LogP contribution in [0.25, 0.3) is 6.08 Å². The average molecular weight is 637 g/mol. The van der Waals surface area contributed by atoms with Crippen LogP contribution in [0.15, 0.2) is 63.5 Å². The molecular weight excluding hydrogens is 600 g/mol. The molecule has 0 unspecified atom stereocenters. The zero-order valence-corrected chi connectivity index (χ0v) is 27.0. The first kappa shape index (κ1) is 31.5. The van der Waals surface area contributed by atoms with Crippen LogP contribution in [0.5, 0.6) is 11.5 Å². The number of thiazole rings is 1. The summed E-state index contributed by atoms with van der Waals surface area (Å²) < 4.78 is 13.8. The second kappa shape index (κ2) is 13.8. The van der Waals surface area contributed by atoms with E-state index in [0.29, 0.717) is 56.8 Å². The molecule has 0 bridgehead atoms. The maximum absolute atomic E-state index is 14.0. The zero-order chi connectivity index (χ0) is 31.4. The van der Waals surface area contributed by atoms with Gasteiger partial charge in [-0.2, -0.15) is 0 Å².